The summed E-state index contributed by atoms with van der Waals surface area (Å²) in [5, 5.41) is 12.7. The van der Waals surface area contributed by atoms with Gasteiger partial charge in [0.25, 0.3) is 5.89 Å². The summed E-state index contributed by atoms with van der Waals surface area (Å²) in [5.41, 5.74) is 0.673. The summed E-state index contributed by atoms with van der Waals surface area (Å²) < 4.78 is 10.5. The number of nitriles is 1. The van der Waals surface area contributed by atoms with Crippen LogP contribution in [0.4, 0.5) is 0 Å². The maximum absolute atomic E-state index is 8.84. The van der Waals surface area contributed by atoms with E-state index < -0.39 is 5.60 Å². The van der Waals surface area contributed by atoms with Crippen LogP contribution in [0, 0.1) is 11.3 Å². The summed E-state index contributed by atoms with van der Waals surface area (Å²) in [6.07, 6.45) is 0. The van der Waals surface area contributed by atoms with Gasteiger partial charge in [0.05, 0.1) is 11.6 Å². The highest BCUT2D eigenvalue weighted by atomic mass is 16.5. The molecule has 0 aliphatic rings. The summed E-state index contributed by atoms with van der Waals surface area (Å²) in [6, 6.07) is 9.09. The highest BCUT2D eigenvalue weighted by Crippen LogP contribution is 2.24. The first-order valence-electron chi connectivity index (χ1n) is 5.46. The first kappa shape index (κ1) is 12.3. The molecule has 92 valence electrons. The SMILES string of the molecule is COC(C)(C)c1noc(-c2cccc(C#N)c2)n1. The number of nitrogens with zero attached hydrogens (tertiary/aromatic N) is 3. The number of aromatic nitrogens is 2. The van der Waals surface area contributed by atoms with Gasteiger partial charge in [0.1, 0.15) is 5.60 Å². The van der Waals surface area contributed by atoms with E-state index in [4.69, 9.17) is 14.5 Å². The third-order valence-electron chi connectivity index (χ3n) is 2.71. The summed E-state index contributed by atoms with van der Waals surface area (Å²) in [7, 11) is 1.59. The fourth-order valence-corrected chi connectivity index (χ4v) is 1.40. The Bertz CT molecular complexity index is 596. The lowest BCUT2D eigenvalue weighted by molar-refractivity contribution is 0.00973. The Labute approximate surface area is 105 Å². The molecular weight excluding hydrogens is 230 g/mol. The molecule has 0 atom stereocenters. The molecule has 5 nitrogen and oxygen atoms in total. The van der Waals surface area contributed by atoms with E-state index in [-0.39, 0.29) is 0 Å². The smallest absolute Gasteiger partial charge is 0.258 e. The molecule has 0 bridgehead atoms. The van der Waals surface area contributed by atoms with Crippen LogP contribution in [-0.4, -0.2) is 17.3 Å². The second-order valence-corrected chi connectivity index (χ2v) is 4.33. The fourth-order valence-electron chi connectivity index (χ4n) is 1.40. The van der Waals surface area contributed by atoms with Crippen LogP contribution >= 0.6 is 0 Å². The molecule has 0 unspecified atom stereocenters. The van der Waals surface area contributed by atoms with Crippen molar-refractivity contribution < 1.29 is 9.26 Å². The molecule has 1 aromatic carbocycles. The lowest BCUT2D eigenvalue weighted by atomic mass is 10.1. The average Bonchev–Trinajstić information content (AvgIpc) is 2.89. The van der Waals surface area contributed by atoms with Gasteiger partial charge in [-0.1, -0.05) is 11.2 Å². The van der Waals surface area contributed by atoms with Gasteiger partial charge in [-0.15, -0.1) is 0 Å². The fraction of sp³-hybridized carbons (Fsp3) is 0.308. The molecule has 0 fully saturated rings. The van der Waals surface area contributed by atoms with Crippen LogP contribution in [0.5, 0.6) is 0 Å². The van der Waals surface area contributed by atoms with Gasteiger partial charge in [-0.3, -0.25) is 0 Å². The molecule has 0 aliphatic heterocycles. The van der Waals surface area contributed by atoms with E-state index in [0.717, 1.165) is 5.56 Å². The largest absolute Gasteiger partial charge is 0.371 e. The maximum atomic E-state index is 8.84. The van der Waals surface area contributed by atoms with E-state index in [1.165, 1.54) is 0 Å². The number of ether oxygens (including phenoxy) is 1. The van der Waals surface area contributed by atoms with Gasteiger partial charge in [0.15, 0.2) is 0 Å². The molecule has 2 rings (SSSR count). The summed E-state index contributed by atoms with van der Waals surface area (Å²) in [4.78, 5) is 4.29. The lowest BCUT2D eigenvalue weighted by Crippen LogP contribution is -2.21. The number of methoxy groups -OCH3 is 1. The van der Waals surface area contributed by atoms with Crippen molar-refractivity contribution in [1.29, 1.82) is 5.26 Å². The predicted molar refractivity (Wildman–Crippen MR) is 64.5 cm³/mol. The molecule has 0 aliphatic carbocycles. The molecule has 0 saturated heterocycles. The quantitative estimate of drug-likeness (QED) is 0.828. The number of hydrogen-bond acceptors (Lipinski definition) is 5. The monoisotopic (exact) mass is 243 g/mol. The van der Waals surface area contributed by atoms with Crippen molar-refractivity contribution in [3.63, 3.8) is 0 Å². The average molecular weight is 243 g/mol. The molecule has 0 radical (unpaired) electrons. The van der Waals surface area contributed by atoms with Gasteiger partial charge >= 0.3 is 0 Å². The molecule has 0 saturated carbocycles. The Kier molecular flexibility index (Phi) is 3.13. The molecule has 5 heteroatoms. The second kappa shape index (κ2) is 4.59. The van der Waals surface area contributed by atoms with Crippen molar-refractivity contribution in [3.05, 3.63) is 35.7 Å². The van der Waals surface area contributed by atoms with Crippen molar-refractivity contribution in [1.82, 2.24) is 10.1 Å². The van der Waals surface area contributed by atoms with Crippen molar-refractivity contribution in [2.75, 3.05) is 7.11 Å². The van der Waals surface area contributed by atoms with Crippen LogP contribution < -0.4 is 0 Å². The highest BCUT2D eigenvalue weighted by Gasteiger charge is 2.26. The molecule has 1 aromatic heterocycles. The van der Waals surface area contributed by atoms with Gasteiger partial charge in [-0.2, -0.15) is 10.2 Å². The molecule has 0 spiro atoms. The summed E-state index contributed by atoms with van der Waals surface area (Å²) >= 11 is 0. The topological polar surface area (TPSA) is 71.9 Å². The Balaban J connectivity index is 2.38. The number of benzene rings is 1. The number of rotatable bonds is 3. The first-order valence-corrected chi connectivity index (χ1v) is 5.46. The summed E-state index contributed by atoms with van der Waals surface area (Å²) in [5.74, 6) is 0.856. The lowest BCUT2D eigenvalue weighted by Gasteiger charge is -2.17. The van der Waals surface area contributed by atoms with Crippen molar-refractivity contribution >= 4 is 0 Å². The zero-order chi connectivity index (χ0) is 13.2. The zero-order valence-electron chi connectivity index (χ0n) is 10.5. The Morgan fingerprint density at radius 3 is 2.83 bits per heavy atom. The normalized spacial score (nSPS) is 11.2. The minimum Gasteiger partial charge on any atom is -0.371 e. The van der Waals surface area contributed by atoms with Crippen LogP contribution in [-0.2, 0) is 10.3 Å². The van der Waals surface area contributed by atoms with E-state index in [1.54, 1.807) is 25.3 Å². The van der Waals surface area contributed by atoms with Crippen LogP contribution in [0.1, 0.15) is 25.2 Å². The summed E-state index contributed by atoms with van der Waals surface area (Å²) in [6.45, 7) is 3.71. The van der Waals surface area contributed by atoms with Crippen LogP contribution in [0.25, 0.3) is 11.5 Å². The van der Waals surface area contributed by atoms with E-state index in [9.17, 15) is 0 Å². The van der Waals surface area contributed by atoms with E-state index in [1.807, 2.05) is 19.9 Å². The Morgan fingerprint density at radius 1 is 1.39 bits per heavy atom. The Hall–Kier alpha value is -2.19. The number of hydrogen-bond donors (Lipinski definition) is 0. The third-order valence-corrected chi connectivity index (χ3v) is 2.71. The minimum absolute atomic E-state index is 0.382. The zero-order valence-corrected chi connectivity index (χ0v) is 10.5. The highest BCUT2D eigenvalue weighted by molar-refractivity contribution is 5.56. The van der Waals surface area contributed by atoms with Gasteiger partial charge < -0.3 is 9.26 Å². The molecular formula is C13H13N3O2. The van der Waals surface area contributed by atoms with Crippen LogP contribution in [0.2, 0.25) is 0 Å². The predicted octanol–water partition coefficient (Wildman–Crippen LogP) is 2.49. The van der Waals surface area contributed by atoms with Crippen molar-refractivity contribution in [3.8, 4) is 17.5 Å². The third kappa shape index (κ3) is 2.24. The van der Waals surface area contributed by atoms with Gasteiger partial charge in [0.2, 0.25) is 5.82 Å². The molecule has 0 N–H and O–H groups in total. The van der Waals surface area contributed by atoms with E-state index in [2.05, 4.69) is 16.2 Å². The second-order valence-electron chi connectivity index (χ2n) is 4.33. The molecule has 18 heavy (non-hydrogen) atoms. The van der Waals surface area contributed by atoms with E-state index >= 15 is 0 Å². The van der Waals surface area contributed by atoms with E-state index in [0.29, 0.717) is 17.3 Å². The van der Waals surface area contributed by atoms with Gasteiger partial charge in [0, 0.05) is 12.7 Å². The van der Waals surface area contributed by atoms with Gasteiger partial charge in [-0.25, -0.2) is 0 Å². The molecule has 0 amide bonds. The molecule has 1 heterocycles. The Morgan fingerprint density at radius 2 is 2.17 bits per heavy atom. The maximum Gasteiger partial charge on any atom is 0.258 e. The minimum atomic E-state index is -0.603. The van der Waals surface area contributed by atoms with Crippen molar-refractivity contribution in [2.45, 2.75) is 19.4 Å². The van der Waals surface area contributed by atoms with Crippen LogP contribution in [0.3, 0.4) is 0 Å². The van der Waals surface area contributed by atoms with Gasteiger partial charge in [-0.05, 0) is 32.0 Å². The standard InChI is InChI=1S/C13H13N3O2/c1-13(2,17-3)12-15-11(18-16-12)10-6-4-5-9(7-10)8-14/h4-7H,1-3H3. The molecule has 2 aromatic rings. The van der Waals surface area contributed by atoms with Crippen LogP contribution in [0.15, 0.2) is 28.8 Å². The van der Waals surface area contributed by atoms with Crippen molar-refractivity contribution in [2.24, 2.45) is 0 Å². The first-order chi connectivity index (χ1) is 8.56.